The molecule has 2 aliphatic carbocycles. The largest absolute Gasteiger partial charge is 0.0622 e. The summed E-state index contributed by atoms with van der Waals surface area (Å²) in [4.78, 5) is 0. The van der Waals surface area contributed by atoms with Crippen LogP contribution in [0.4, 0.5) is 0 Å². The van der Waals surface area contributed by atoms with Crippen LogP contribution in [-0.4, -0.2) is 0 Å². The molecule has 0 heterocycles. The second-order valence-electron chi connectivity index (χ2n) is 23.9. The number of fused-ring (bicyclic) bond motifs is 10. The van der Waals surface area contributed by atoms with Gasteiger partial charge in [-0.05, 0) is 190 Å². The molecule has 0 radical (unpaired) electrons. The van der Waals surface area contributed by atoms with Crippen LogP contribution in [0.3, 0.4) is 0 Å². The van der Waals surface area contributed by atoms with E-state index in [1.807, 2.05) is 0 Å². The van der Waals surface area contributed by atoms with Crippen LogP contribution >= 0.6 is 0 Å². The molecule has 0 bridgehead atoms. The fourth-order valence-corrected chi connectivity index (χ4v) is 14.6. The molecule has 16 rings (SSSR count). The van der Waals surface area contributed by atoms with E-state index < -0.39 is 0 Å². The van der Waals surface area contributed by atoms with Gasteiger partial charge < -0.3 is 0 Å². The zero-order valence-corrected chi connectivity index (χ0v) is 46.6. The molecule has 0 nitrogen and oxygen atoms in total. The molecule has 0 atom stereocenters. The van der Waals surface area contributed by atoms with Gasteiger partial charge in [-0.1, -0.05) is 282 Å². The van der Waals surface area contributed by atoms with Gasteiger partial charge in [0.2, 0.25) is 0 Å². The van der Waals surface area contributed by atoms with Crippen molar-refractivity contribution in [3.8, 4) is 100 Å². The SMILES string of the molecule is CC1(C)c2cc(-c3ccc4c(c3)C(C)(C)c3cc(-c5c6ccccc6c(-c6ccc(-c7ccccc7)cc6)c6ccccc56)ccc3-4)ccc2-c2ccc(-c3c4ccccc4c(-c4ccc(-c5ccccc5)cc4)c4ccccc34)cc21. The summed E-state index contributed by atoms with van der Waals surface area (Å²) in [6, 6.07) is 105. The van der Waals surface area contributed by atoms with E-state index >= 15 is 0 Å². The second-order valence-corrected chi connectivity index (χ2v) is 23.9. The maximum absolute atomic E-state index is 2.51. The van der Waals surface area contributed by atoms with E-state index in [2.05, 4.69) is 307 Å². The highest BCUT2D eigenvalue weighted by molar-refractivity contribution is 6.23. The van der Waals surface area contributed by atoms with E-state index in [0.29, 0.717) is 0 Å². The summed E-state index contributed by atoms with van der Waals surface area (Å²) in [6.45, 7) is 9.69. The molecule has 2 aliphatic rings. The molecule has 386 valence electrons. The Morgan fingerprint density at radius 1 is 0.171 bits per heavy atom. The van der Waals surface area contributed by atoms with E-state index in [-0.39, 0.29) is 10.8 Å². The summed E-state index contributed by atoms with van der Waals surface area (Å²) >= 11 is 0. The normalized spacial score (nSPS) is 13.6. The summed E-state index contributed by atoms with van der Waals surface area (Å²) < 4.78 is 0. The first kappa shape index (κ1) is 48.1. The van der Waals surface area contributed by atoms with Gasteiger partial charge in [-0.2, -0.15) is 0 Å². The average Bonchev–Trinajstić information content (AvgIpc) is 3.61. The summed E-state index contributed by atoms with van der Waals surface area (Å²) in [5.74, 6) is 0. The predicted octanol–water partition coefficient (Wildman–Crippen LogP) is 22.6. The van der Waals surface area contributed by atoms with Crippen molar-refractivity contribution < 1.29 is 0 Å². The van der Waals surface area contributed by atoms with Crippen LogP contribution < -0.4 is 0 Å². The van der Waals surface area contributed by atoms with Gasteiger partial charge in [-0.25, -0.2) is 0 Å². The van der Waals surface area contributed by atoms with Crippen molar-refractivity contribution in [1.29, 1.82) is 0 Å². The van der Waals surface area contributed by atoms with Crippen molar-refractivity contribution in [2.75, 3.05) is 0 Å². The molecular weight excluding hydrogens is 985 g/mol. The van der Waals surface area contributed by atoms with Gasteiger partial charge in [0, 0.05) is 10.8 Å². The highest BCUT2D eigenvalue weighted by Gasteiger charge is 2.38. The van der Waals surface area contributed by atoms with E-state index in [1.165, 1.54) is 165 Å². The molecular formula is C82H58. The average molecular weight is 1040 g/mol. The number of hydrogen-bond acceptors (Lipinski definition) is 0. The fraction of sp³-hybridized carbons (Fsp3) is 0.0732. The van der Waals surface area contributed by atoms with E-state index in [0.717, 1.165) is 0 Å². The summed E-state index contributed by atoms with van der Waals surface area (Å²) in [7, 11) is 0. The molecule has 0 spiro atoms. The maximum Gasteiger partial charge on any atom is 0.0159 e. The Labute approximate surface area is 480 Å². The lowest BCUT2D eigenvalue weighted by Gasteiger charge is -2.24. The third kappa shape index (κ3) is 7.31. The first-order valence-corrected chi connectivity index (χ1v) is 29.0. The molecule has 0 aliphatic heterocycles. The molecule has 0 saturated heterocycles. The topological polar surface area (TPSA) is 0 Å². The molecule has 0 aromatic heterocycles. The number of hydrogen-bond donors (Lipinski definition) is 0. The highest BCUT2D eigenvalue weighted by atomic mass is 14.4. The number of rotatable bonds is 7. The first-order valence-electron chi connectivity index (χ1n) is 29.0. The Bertz CT molecular complexity index is 4490. The molecule has 0 heteroatoms. The Kier molecular flexibility index (Phi) is 10.7. The molecule has 0 amide bonds. The minimum absolute atomic E-state index is 0.217. The summed E-state index contributed by atoms with van der Waals surface area (Å²) in [5, 5.41) is 10.2. The standard InChI is InChI=1S/C82H58/c1-81(2)73-47-57(39-43-61(73)63-45-41-59(49-75(63)81)79-69-27-15-11-23-65(69)77(66-24-12-16-28-70(66)79)55-35-31-53(32-36-55)51-19-7-5-8-20-51)58-40-44-62-64-46-42-60(50-76(64)82(3,4)74(62)48-58)80-71-29-17-13-25-67(71)78(68-26-14-18-30-72(68)80)56-37-33-54(34-38-56)52-21-9-6-10-22-52/h5-50H,1-4H3. The molecule has 14 aromatic carbocycles. The van der Waals surface area contributed by atoms with Crippen LogP contribution in [0.1, 0.15) is 49.9 Å². The van der Waals surface area contributed by atoms with Crippen molar-refractivity contribution in [3.05, 3.63) is 301 Å². The molecule has 0 fully saturated rings. The van der Waals surface area contributed by atoms with Gasteiger partial charge >= 0.3 is 0 Å². The van der Waals surface area contributed by atoms with Gasteiger partial charge in [-0.3, -0.25) is 0 Å². The van der Waals surface area contributed by atoms with E-state index in [1.54, 1.807) is 0 Å². The van der Waals surface area contributed by atoms with Crippen molar-refractivity contribution in [3.63, 3.8) is 0 Å². The van der Waals surface area contributed by atoms with Crippen molar-refractivity contribution >= 4 is 43.1 Å². The third-order valence-electron chi connectivity index (χ3n) is 18.7. The van der Waals surface area contributed by atoms with Crippen molar-refractivity contribution in [1.82, 2.24) is 0 Å². The molecule has 82 heavy (non-hydrogen) atoms. The van der Waals surface area contributed by atoms with Gasteiger partial charge in [0.1, 0.15) is 0 Å². The van der Waals surface area contributed by atoms with Gasteiger partial charge in [0.05, 0.1) is 0 Å². The van der Waals surface area contributed by atoms with Crippen molar-refractivity contribution in [2.45, 2.75) is 38.5 Å². The lowest BCUT2D eigenvalue weighted by Crippen LogP contribution is -2.15. The van der Waals surface area contributed by atoms with Crippen LogP contribution in [0.2, 0.25) is 0 Å². The zero-order valence-electron chi connectivity index (χ0n) is 46.6. The summed E-state index contributed by atoms with van der Waals surface area (Å²) in [6.07, 6.45) is 0. The van der Waals surface area contributed by atoms with E-state index in [4.69, 9.17) is 0 Å². The Morgan fingerprint density at radius 2 is 0.366 bits per heavy atom. The quantitative estimate of drug-likeness (QED) is 0.140. The van der Waals surface area contributed by atoms with Gasteiger partial charge in [0.25, 0.3) is 0 Å². The molecule has 0 N–H and O–H groups in total. The van der Waals surface area contributed by atoms with Crippen LogP contribution in [0.25, 0.3) is 143 Å². The third-order valence-corrected chi connectivity index (χ3v) is 18.7. The minimum Gasteiger partial charge on any atom is -0.0622 e. The Morgan fingerprint density at radius 3 is 0.646 bits per heavy atom. The molecule has 0 unspecified atom stereocenters. The number of benzene rings is 14. The fourth-order valence-electron chi connectivity index (χ4n) is 14.6. The molecule has 14 aromatic rings. The van der Waals surface area contributed by atoms with Crippen molar-refractivity contribution in [2.24, 2.45) is 0 Å². The molecule has 0 saturated carbocycles. The monoisotopic (exact) mass is 1040 g/mol. The zero-order chi connectivity index (χ0) is 54.8. The lowest BCUT2D eigenvalue weighted by atomic mass is 9.79. The van der Waals surface area contributed by atoms with Crippen LogP contribution in [0.5, 0.6) is 0 Å². The predicted molar refractivity (Wildman–Crippen MR) is 350 cm³/mol. The Balaban J connectivity index is 0.740. The van der Waals surface area contributed by atoms with Gasteiger partial charge in [0.15, 0.2) is 0 Å². The van der Waals surface area contributed by atoms with Crippen LogP contribution in [0, 0.1) is 0 Å². The van der Waals surface area contributed by atoms with Crippen LogP contribution in [-0.2, 0) is 10.8 Å². The minimum atomic E-state index is -0.217. The second kappa shape index (κ2) is 18.3. The summed E-state index contributed by atoms with van der Waals surface area (Å²) in [5.41, 5.74) is 27.9. The highest BCUT2D eigenvalue weighted by Crippen LogP contribution is 2.55. The maximum atomic E-state index is 2.51. The van der Waals surface area contributed by atoms with Crippen LogP contribution in [0.15, 0.2) is 279 Å². The Hall–Kier alpha value is -9.88. The van der Waals surface area contributed by atoms with Gasteiger partial charge in [-0.15, -0.1) is 0 Å². The first-order chi connectivity index (χ1) is 40.2. The lowest BCUT2D eigenvalue weighted by molar-refractivity contribution is 0.660. The smallest absolute Gasteiger partial charge is 0.0159 e. The van der Waals surface area contributed by atoms with E-state index in [9.17, 15) is 0 Å².